The molecule has 0 fully saturated rings. The van der Waals surface area contributed by atoms with Crippen LogP contribution in [0.3, 0.4) is 0 Å². The molecule has 0 unspecified atom stereocenters. The Morgan fingerprint density at radius 2 is 1.86 bits per heavy atom. The first-order chi connectivity index (χ1) is 10.6. The van der Waals surface area contributed by atoms with Crippen molar-refractivity contribution < 1.29 is 9.53 Å². The zero-order chi connectivity index (χ0) is 15.9. The van der Waals surface area contributed by atoms with Gasteiger partial charge in [-0.25, -0.2) is 0 Å². The molecule has 0 spiro atoms. The number of amides is 1. The van der Waals surface area contributed by atoms with E-state index < -0.39 is 0 Å². The Hall–Kier alpha value is -1.81. The summed E-state index contributed by atoms with van der Waals surface area (Å²) < 4.78 is 6.62. The van der Waals surface area contributed by atoms with E-state index in [0.717, 1.165) is 21.5 Å². The Labute approximate surface area is 139 Å². The molecule has 0 aromatic heterocycles. The van der Waals surface area contributed by atoms with Crippen LogP contribution in [-0.4, -0.2) is 12.5 Å². The maximum atomic E-state index is 12.0. The van der Waals surface area contributed by atoms with E-state index in [9.17, 15) is 4.79 Å². The summed E-state index contributed by atoms with van der Waals surface area (Å²) in [6, 6.07) is 13.6. The van der Waals surface area contributed by atoms with Crippen LogP contribution in [0.4, 0.5) is 5.69 Å². The Morgan fingerprint density at radius 1 is 1.14 bits per heavy atom. The molecule has 22 heavy (non-hydrogen) atoms. The molecule has 0 heterocycles. The fourth-order valence-corrected chi connectivity index (χ4v) is 2.32. The quantitative estimate of drug-likeness (QED) is 0.745. The van der Waals surface area contributed by atoms with Crippen LogP contribution in [-0.2, 0) is 4.79 Å². The topological polar surface area (TPSA) is 38.3 Å². The van der Waals surface area contributed by atoms with Gasteiger partial charge < -0.3 is 10.1 Å². The molecular formula is C18H20BrNO2. The number of nitrogens with one attached hydrogen (secondary N) is 1. The highest BCUT2D eigenvalue weighted by molar-refractivity contribution is 9.10. The molecule has 4 heteroatoms. The third-order valence-corrected chi connectivity index (χ3v) is 4.04. The van der Waals surface area contributed by atoms with Crippen molar-refractivity contribution in [3.63, 3.8) is 0 Å². The van der Waals surface area contributed by atoms with E-state index >= 15 is 0 Å². The number of halogens is 1. The van der Waals surface area contributed by atoms with Gasteiger partial charge in [-0.15, -0.1) is 0 Å². The van der Waals surface area contributed by atoms with Crippen LogP contribution in [0, 0.1) is 13.8 Å². The van der Waals surface area contributed by atoms with Crippen molar-refractivity contribution in [2.45, 2.75) is 26.7 Å². The van der Waals surface area contributed by atoms with Gasteiger partial charge in [-0.2, -0.15) is 0 Å². The Morgan fingerprint density at radius 3 is 2.59 bits per heavy atom. The number of anilines is 1. The summed E-state index contributed by atoms with van der Waals surface area (Å²) in [6.07, 6.45) is 1.14. The average molecular weight is 362 g/mol. The second-order valence-corrected chi connectivity index (χ2v) is 6.12. The van der Waals surface area contributed by atoms with Gasteiger partial charge in [0.1, 0.15) is 5.75 Å². The van der Waals surface area contributed by atoms with Crippen molar-refractivity contribution in [3.05, 3.63) is 58.1 Å². The van der Waals surface area contributed by atoms with Crippen LogP contribution < -0.4 is 10.1 Å². The van der Waals surface area contributed by atoms with Gasteiger partial charge in [-0.3, -0.25) is 4.79 Å². The third kappa shape index (κ3) is 4.88. The van der Waals surface area contributed by atoms with Gasteiger partial charge in [0.25, 0.3) is 0 Å². The summed E-state index contributed by atoms with van der Waals surface area (Å²) in [5, 5.41) is 2.96. The molecule has 0 saturated carbocycles. The van der Waals surface area contributed by atoms with Gasteiger partial charge in [0.2, 0.25) is 5.91 Å². The van der Waals surface area contributed by atoms with Gasteiger partial charge in [-0.05, 0) is 61.7 Å². The van der Waals surface area contributed by atoms with E-state index in [-0.39, 0.29) is 5.91 Å². The van der Waals surface area contributed by atoms with Crippen molar-refractivity contribution in [2.75, 3.05) is 11.9 Å². The van der Waals surface area contributed by atoms with Crippen LogP contribution in [0.15, 0.2) is 46.9 Å². The molecule has 0 saturated heterocycles. The van der Waals surface area contributed by atoms with Crippen LogP contribution in [0.25, 0.3) is 0 Å². The molecule has 0 radical (unpaired) electrons. The fraction of sp³-hybridized carbons (Fsp3) is 0.278. The molecule has 2 aromatic rings. The molecule has 0 bridgehead atoms. The van der Waals surface area contributed by atoms with Crippen molar-refractivity contribution in [1.29, 1.82) is 0 Å². The number of carbonyl (C=O) groups is 1. The highest BCUT2D eigenvalue weighted by Crippen LogP contribution is 2.19. The number of hydrogen-bond acceptors (Lipinski definition) is 2. The minimum atomic E-state index is 0.0214. The monoisotopic (exact) mass is 361 g/mol. The molecule has 0 aliphatic heterocycles. The standard InChI is InChI=1S/C18H20BrNO2/c1-13-5-3-6-17(14(13)2)20-18(21)7-4-12-22-16-10-8-15(19)9-11-16/h3,5-6,8-11H,4,7,12H2,1-2H3,(H,20,21). The summed E-state index contributed by atoms with van der Waals surface area (Å²) >= 11 is 3.38. The predicted molar refractivity (Wildman–Crippen MR) is 93.4 cm³/mol. The third-order valence-electron chi connectivity index (χ3n) is 3.51. The van der Waals surface area contributed by atoms with Crippen LogP contribution >= 0.6 is 15.9 Å². The number of hydrogen-bond donors (Lipinski definition) is 1. The zero-order valence-electron chi connectivity index (χ0n) is 12.9. The maximum Gasteiger partial charge on any atom is 0.224 e. The van der Waals surface area contributed by atoms with Crippen LogP contribution in [0.1, 0.15) is 24.0 Å². The smallest absolute Gasteiger partial charge is 0.224 e. The number of ether oxygens (including phenoxy) is 1. The zero-order valence-corrected chi connectivity index (χ0v) is 14.4. The van der Waals surface area contributed by atoms with Gasteiger partial charge in [0, 0.05) is 16.6 Å². The lowest BCUT2D eigenvalue weighted by Crippen LogP contribution is -2.13. The van der Waals surface area contributed by atoms with Crippen molar-refractivity contribution in [3.8, 4) is 5.75 Å². The number of rotatable bonds is 6. The first kappa shape index (κ1) is 16.6. The molecule has 116 valence electrons. The van der Waals surface area contributed by atoms with E-state index in [2.05, 4.69) is 21.2 Å². The molecule has 0 atom stereocenters. The number of carbonyl (C=O) groups excluding carboxylic acids is 1. The summed E-state index contributed by atoms with van der Waals surface area (Å²) in [5.41, 5.74) is 3.18. The lowest BCUT2D eigenvalue weighted by atomic mass is 10.1. The van der Waals surface area contributed by atoms with Crippen molar-refractivity contribution in [1.82, 2.24) is 0 Å². The second-order valence-electron chi connectivity index (χ2n) is 5.20. The van der Waals surface area contributed by atoms with Crippen LogP contribution in [0.5, 0.6) is 5.75 Å². The van der Waals surface area contributed by atoms with E-state index in [0.29, 0.717) is 19.4 Å². The first-order valence-corrected chi connectivity index (χ1v) is 8.10. The summed E-state index contributed by atoms with van der Waals surface area (Å²) in [4.78, 5) is 12.0. The van der Waals surface area contributed by atoms with Gasteiger partial charge >= 0.3 is 0 Å². The van der Waals surface area contributed by atoms with Gasteiger partial charge in [0.15, 0.2) is 0 Å². The summed E-state index contributed by atoms with van der Waals surface area (Å²) in [7, 11) is 0. The average Bonchev–Trinajstić information content (AvgIpc) is 2.50. The van der Waals surface area contributed by atoms with Gasteiger partial charge in [0.05, 0.1) is 6.61 Å². The summed E-state index contributed by atoms with van der Waals surface area (Å²) in [6.45, 7) is 4.58. The van der Waals surface area contributed by atoms with E-state index in [4.69, 9.17) is 4.74 Å². The van der Waals surface area contributed by atoms with E-state index in [1.54, 1.807) is 0 Å². The number of benzene rings is 2. The van der Waals surface area contributed by atoms with E-state index in [1.807, 2.05) is 56.3 Å². The minimum Gasteiger partial charge on any atom is -0.494 e. The second kappa shape index (κ2) is 7.99. The molecule has 1 N–H and O–H groups in total. The minimum absolute atomic E-state index is 0.0214. The Balaban J connectivity index is 1.74. The number of aryl methyl sites for hydroxylation is 1. The molecule has 0 aliphatic rings. The van der Waals surface area contributed by atoms with Crippen molar-refractivity contribution in [2.24, 2.45) is 0 Å². The van der Waals surface area contributed by atoms with Gasteiger partial charge in [-0.1, -0.05) is 28.1 Å². The SMILES string of the molecule is Cc1cccc(NC(=O)CCCOc2ccc(Br)cc2)c1C. The predicted octanol–water partition coefficient (Wildman–Crippen LogP) is 4.86. The molecule has 2 aromatic carbocycles. The lowest BCUT2D eigenvalue weighted by Gasteiger charge is -2.10. The molecule has 3 nitrogen and oxygen atoms in total. The molecular weight excluding hydrogens is 342 g/mol. The Bertz CT molecular complexity index is 638. The maximum absolute atomic E-state index is 12.0. The highest BCUT2D eigenvalue weighted by atomic mass is 79.9. The molecule has 1 amide bonds. The summed E-state index contributed by atoms with van der Waals surface area (Å²) in [5.74, 6) is 0.839. The Kier molecular flexibility index (Phi) is 6.01. The lowest BCUT2D eigenvalue weighted by molar-refractivity contribution is -0.116. The fourth-order valence-electron chi connectivity index (χ4n) is 2.05. The first-order valence-electron chi connectivity index (χ1n) is 7.30. The van der Waals surface area contributed by atoms with Crippen LogP contribution in [0.2, 0.25) is 0 Å². The molecule has 0 aliphatic carbocycles. The molecule has 2 rings (SSSR count). The highest BCUT2D eigenvalue weighted by Gasteiger charge is 2.06. The normalized spacial score (nSPS) is 10.3. The van der Waals surface area contributed by atoms with Crippen molar-refractivity contribution >= 4 is 27.5 Å². The van der Waals surface area contributed by atoms with E-state index in [1.165, 1.54) is 5.56 Å². The largest absolute Gasteiger partial charge is 0.494 e.